The number of imidazole rings is 1. The summed E-state index contributed by atoms with van der Waals surface area (Å²) in [4.78, 5) is 30.5. The number of thiophene rings is 1. The van der Waals surface area contributed by atoms with E-state index in [1.54, 1.807) is 59.2 Å². The number of amides is 2. The molecule has 4 rings (SSSR count). The van der Waals surface area contributed by atoms with Crippen LogP contribution in [0.2, 0.25) is 0 Å². The fraction of sp³-hybridized carbons (Fsp3) is 0.136. The number of nitrogens with one attached hydrogen (secondary N) is 2. The highest BCUT2D eigenvalue weighted by Crippen LogP contribution is 2.12. The normalized spacial score (nSPS) is 10.9. The average Bonchev–Trinajstić information content (AvgIpc) is 3.42. The molecule has 0 aliphatic rings. The third-order valence-corrected chi connectivity index (χ3v) is 5.51. The van der Waals surface area contributed by atoms with Crippen molar-refractivity contribution < 1.29 is 14.0 Å². The number of hydrogen-bond acceptors (Lipinski definition) is 4. The Morgan fingerprint density at radius 2 is 1.90 bits per heavy atom. The van der Waals surface area contributed by atoms with E-state index in [0.29, 0.717) is 23.4 Å². The molecule has 30 heavy (non-hydrogen) atoms. The number of carbonyl (C=O) groups excluding carboxylic acids is 2. The first-order valence-corrected chi connectivity index (χ1v) is 10.2. The number of pyridine rings is 1. The summed E-state index contributed by atoms with van der Waals surface area (Å²) in [6.45, 7) is 2.36. The number of benzene rings is 1. The molecule has 0 radical (unpaired) electrons. The van der Waals surface area contributed by atoms with Crippen LogP contribution < -0.4 is 10.6 Å². The fourth-order valence-electron chi connectivity index (χ4n) is 3.07. The Bertz CT molecular complexity index is 1220. The molecular formula is C22H19FN4O2S. The Labute approximate surface area is 176 Å². The van der Waals surface area contributed by atoms with Crippen LogP contribution in [0.3, 0.4) is 0 Å². The Balaban J connectivity index is 1.48. The van der Waals surface area contributed by atoms with E-state index in [4.69, 9.17) is 0 Å². The number of hydrogen-bond donors (Lipinski definition) is 2. The van der Waals surface area contributed by atoms with Gasteiger partial charge in [-0.25, -0.2) is 9.37 Å². The monoisotopic (exact) mass is 422 g/mol. The number of aryl methyl sites for hydroxylation is 1. The zero-order chi connectivity index (χ0) is 21.1. The number of rotatable bonds is 6. The number of nitrogens with zero attached hydrogens (tertiary/aromatic N) is 2. The standard InChI is InChI=1S/C22H19FN4O2S/c1-14-10-15(7-8-17(14)23)11-24-21(28)18-13-27-19(5-2-6-20(27)26-18)22(29)25-12-16-4-3-9-30-16/h2-10,13H,11-12H2,1H3,(H,24,28)(H,25,29). The van der Waals surface area contributed by atoms with Crippen molar-refractivity contribution in [2.24, 2.45) is 0 Å². The summed E-state index contributed by atoms with van der Waals surface area (Å²) < 4.78 is 15.0. The van der Waals surface area contributed by atoms with Gasteiger partial charge in [-0.2, -0.15) is 0 Å². The lowest BCUT2D eigenvalue weighted by Gasteiger charge is -2.06. The second-order valence-corrected chi connectivity index (χ2v) is 7.83. The van der Waals surface area contributed by atoms with Crippen LogP contribution in [-0.4, -0.2) is 21.2 Å². The minimum absolute atomic E-state index is 0.201. The molecule has 0 aliphatic carbocycles. The zero-order valence-corrected chi connectivity index (χ0v) is 17.0. The van der Waals surface area contributed by atoms with Crippen molar-refractivity contribution >= 4 is 28.8 Å². The van der Waals surface area contributed by atoms with Crippen LogP contribution in [0.15, 0.2) is 60.1 Å². The van der Waals surface area contributed by atoms with Crippen LogP contribution >= 0.6 is 11.3 Å². The summed E-state index contributed by atoms with van der Waals surface area (Å²) in [5.74, 6) is -0.902. The number of carbonyl (C=O) groups is 2. The molecule has 0 unspecified atom stereocenters. The largest absolute Gasteiger partial charge is 0.347 e. The molecule has 3 aromatic heterocycles. The lowest BCUT2D eigenvalue weighted by atomic mass is 10.1. The molecule has 1 aromatic carbocycles. The van der Waals surface area contributed by atoms with E-state index in [1.165, 1.54) is 6.07 Å². The van der Waals surface area contributed by atoms with Crippen molar-refractivity contribution in [2.75, 3.05) is 0 Å². The topological polar surface area (TPSA) is 75.5 Å². The van der Waals surface area contributed by atoms with E-state index in [0.717, 1.165) is 10.4 Å². The first-order chi connectivity index (χ1) is 14.5. The molecule has 3 heterocycles. The number of aromatic nitrogens is 2. The molecule has 0 fully saturated rings. The van der Waals surface area contributed by atoms with Gasteiger partial charge in [-0.15, -0.1) is 11.3 Å². The summed E-state index contributed by atoms with van der Waals surface area (Å²) in [5, 5.41) is 7.61. The summed E-state index contributed by atoms with van der Waals surface area (Å²) >= 11 is 1.57. The maximum atomic E-state index is 13.4. The van der Waals surface area contributed by atoms with Crippen LogP contribution in [0.4, 0.5) is 4.39 Å². The molecule has 4 aromatic rings. The Morgan fingerprint density at radius 1 is 1.07 bits per heavy atom. The summed E-state index contributed by atoms with van der Waals surface area (Å²) in [6.07, 6.45) is 1.54. The second kappa shape index (κ2) is 8.46. The quantitative estimate of drug-likeness (QED) is 0.498. The number of halogens is 1. The highest BCUT2D eigenvalue weighted by atomic mass is 32.1. The zero-order valence-electron chi connectivity index (χ0n) is 16.2. The van der Waals surface area contributed by atoms with E-state index in [2.05, 4.69) is 15.6 Å². The SMILES string of the molecule is Cc1cc(CNC(=O)c2cn3c(C(=O)NCc4cccs4)cccc3n2)ccc1F. The highest BCUT2D eigenvalue weighted by Gasteiger charge is 2.15. The summed E-state index contributed by atoms with van der Waals surface area (Å²) in [6, 6.07) is 13.7. The third-order valence-electron chi connectivity index (χ3n) is 4.64. The van der Waals surface area contributed by atoms with Gasteiger partial charge in [0.05, 0.1) is 6.54 Å². The molecule has 0 aliphatic heterocycles. The van der Waals surface area contributed by atoms with Crippen LogP contribution in [0, 0.1) is 12.7 Å². The minimum Gasteiger partial charge on any atom is -0.347 e. The van der Waals surface area contributed by atoms with Crippen molar-refractivity contribution in [3.8, 4) is 0 Å². The van der Waals surface area contributed by atoms with Crippen LogP contribution in [0.1, 0.15) is 37.0 Å². The predicted molar refractivity (Wildman–Crippen MR) is 113 cm³/mol. The van der Waals surface area contributed by atoms with Gasteiger partial charge in [-0.3, -0.25) is 14.0 Å². The molecule has 0 spiro atoms. The highest BCUT2D eigenvalue weighted by molar-refractivity contribution is 7.09. The Morgan fingerprint density at radius 3 is 2.67 bits per heavy atom. The van der Waals surface area contributed by atoms with E-state index in [1.807, 2.05) is 17.5 Å². The third kappa shape index (κ3) is 4.23. The molecule has 8 heteroatoms. The van der Waals surface area contributed by atoms with Gasteiger partial charge >= 0.3 is 0 Å². The molecule has 2 N–H and O–H groups in total. The molecule has 0 saturated heterocycles. The van der Waals surface area contributed by atoms with Crippen molar-refractivity contribution in [3.63, 3.8) is 0 Å². The second-order valence-electron chi connectivity index (χ2n) is 6.79. The average molecular weight is 422 g/mol. The van der Waals surface area contributed by atoms with E-state index >= 15 is 0 Å². The van der Waals surface area contributed by atoms with Gasteiger partial charge < -0.3 is 10.6 Å². The van der Waals surface area contributed by atoms with Gasteiger partial charge in [0.15, 0.2) is 0 Å². The fourth-order valence-corrected chi connectivity index (χ4v) is 3.71. The molecule has 0 bridgehead atoms. The van der Waals surface area contributed by atoms with Gasteiger partial charge in [0.2, 0.25) is 0 Å². The van der Waals surface area contributed by atoms with Gasteiger partial charge in [0, 0.05) is 17.6 Å². The van der Waals surface area contributed by atoms with Crippen molar-refractivity contribution in [3.05, 3.63) is 93.3 Å². The van der Waals surface area contributed by atoms with Crippen molar-refractivity contribution in [1.82, 2.24) is 20.0 Å². The van der Waals surface area contributed by atoms with Crippen LogP contribution in [0.5, 0.6) is 0 Å². The van der Waals surface area contributed by atoms with Gasteiger partial charge in [0.25, 0.3) is 11.8 Å². The van der Waals surface area contributed by atoms with Gasteiger partial charge in [-0.05, 0) is 47.7 Å². The molecule has 0 saturated carbocycles. The van der Waals surface area contributed by atoms with Gasteiger partial charge in [-0.1, -0.05) is 24.3 Å². The van der Waals surface area contributed by atoms with E-state index in [-0.39, 0.29) is 29.9 Å². The lowest BCUT2D eigenvalue weighted by molar-refractivity contribution is 0.0935. The predicted octanol–water partition coefficient (Wildman–Crippen LogP) is 3.70. The van der Waals surface area contributed by atoms with Crippen molar-refractivity contribution in [2.45, 2.75) is 20.0 Å². The van der Waals surface area contributed by atoms with E-state index in [9.17, 15) is 14.0 Å². The summed E-state index contributed by atoms with van der Waals surface area (Å²) in [5.41, 5.74) is 2.41. The molecule has 6 nitrogen and oxygen atoms in total. The molecule has 2 amide bonds. The molecule has 152 valence electrons. The maximum Gasteiger partial charge on any atom is 0.271 e. The Hall–Kier alpha value is -3.52. The minimum atomic E-state index is -0.370. The Kier molecular flexibility index (Phi) is 5.58. The van der Waals surface area contributed by atoms with Crippen LogP contribution in [0.25, 0.3) is 5.65 Å². The molecule has 0 atom stereocenters. The smallest absolute Gasteiger partial charge is 0.271 e. The first-order valence-electron chi connectivity index (χ1n) is 9.33. The molecular weight excluding hydrogens is 403 g/mol. The van der Waals surface area contributed by atoms with Crippen LogP contribution in [-0.2, 0) is 13.1 Å². The number of fused-ring (bicyclic) bond motifs is 1. The van der Waals surface area contributed by atoms with E-state index < -0.39 is 0 Å². The van der Waals surface area contributed by atoms with Crippen molar-refractivity contribution in [1.29, 1.82) is 0 Å². The first kappa shape index (κ1) is 19.8. The summed E-state index contributed by atoms with van der Waals surface area (Å²) in [7, 11) is 0. The van der Waals surface area contributed by atoms with Gasteiger partial charge in [0.1, 0.15) is 22.9 Å². The maximum absolute atomic E-state index is 13.4. The lowest BCUT2D eigenvalue weighted by Crippen LogP contribution is -2.24.